The number of rotatable bonds is 3. The first kappa shape index (κ1) is 8.48. The Bertz CT molecular complexity index is 304. The molecule has 0 saturated heterocycles. The smallest absolute Gasteiger partial charge is 0.298 e. The summed E-state index contributed by atoms with van der Waals surface area (Å²) in [6.45, 7) is -0.0767. The molecule has 0 aliphatic carbocycles. The van der Waals surface area contributed by atoms with Crippen LogP contribution in [0, 0.1) is 0 Å². The van der Waals surface area contributed by atoms with E-state index < -0.39 is 12.2 Å². The Hall–Kier alpha value is -1.62. The lowest BCUT2D eigenvalue weighted by Crippen LogP contribution is -1.78. The molecule has 0 aliphatic rings. The topological polar surface area (TPSA) is 74.8 Å². The molecule has 0 bridgehead atoms. The van der Waals surface area contributed by atoms with Gasteiger partial charge in [-0.3, -0.25) is 0 Å². The predicted octanol–water partition coefficient (Wildman–Crippen LogP) is 2.42. The van der Waals surface area contributed by atoms with Crippen molar-refractivity contribution in [2.24, 2.45) is 5.11 Å². The second kappa shape index (κ2) is 3.68. The average Bonchev–Trinajstić information content (AvgIpc) is 2.48. The van der Waals surface area contributed by atoms with Crippen molar-refractivity contribution in [1.29, 1.82) is 0 Å². The van der Waals surface area contributed by atoms with Gasteiger partial charge in [-0.1, -0.05) is 10.3 Å². The van der Waals surface area contributed by atoms with Crippen molar-refractivity contribution in [2.75, 3.05) is 0 Å². The van der Waals surface area contributed by atoms with Crippen LogP contribution in [0.4, 0.5) is 8.78 Å². The van der Waals surface area contributed by atoms with Crippen LogP contribution < -0.4 is 0 Å². The van der Waals surface area contributed by atoms with Gasteiger partial charge in [0.05, 0.1) is 12.2 Å². The van der Waals surface area contributed by atoms with E-state index in [9.17, 15) is 8.78 Å². The fourth-order valence-electron chi connectivity index (χ4n) is 0.610. The van der Waals surface area contributed by atoms with Crippen molar-refractivity contribution < 1.29 is 13.3 Å². The normalized spacial score (nSPS) is 9.92. The molecule has 5 nitrogen and oxygen atoms in total. The zero-order valence-electron chi connectivity index (χ0n) is 5.81. The van der Waals surface area contributed by atoms with Crippen LogP contribution in [-0.4, -0.2) is 5.16 Å². The molecule has 0 fully saturated rings. The van der Waals surface area contributed by atoms with Crippen LogP contribution in [0.2, 0.25) is 0 Å². The highest BCUT2D eigenvalue weighted by Crippen LogP contribution is 2.19. The SMILES string of the molecule is [N-]=[N+]=NCc1cc(C(F)F)on1. The van der Waals surface area contributed by atoms with Crippen molar-refractivity contribution in [3.8, 4) is 0 Å². The molecule has 0 radical (unpaired) electrons. The van der Waals surface area contributed by atoms with Crippen LogP contribution in [0.3, 0.4) is 0 Å². The summed E-state index contributed by atoms with van der Waals surface area (Å²) >= 11 is 0. The van der Waals surface area contributed by atoms with Crippen LogP contribution >= 0.6 is 0 Å². The number of hydrogen-bond donors (Lipinski definition) is 0. The van der Waals surface area contributed by atoms with Crippen LogP contribution in [0.5, 0.6) is 0 Å². The van der Waals surface area contributed by atoms with E-state index >= 15 is 0 Å². The molecule has 64 valence electrons. The standard InChI is InChI=1S/C5H4F2N4O/c6-5(7)4-1-3(10-12-4)2-9-11-8/h1,5H,2H2. The third-order valence-corrected chi connectivity index (χ3v) is 1.09. The molecule has 1 heterocycles. The number of alkyl halides is 2. The Morgan fingerprint density at radius 3 is 3.00 bits per heavy atom. The molecule has 0 atom stereocenters. The highest BCUT2D eigenvalue weighted by molar-refractivity contribution is 5.05. The molecular formula is C5H4F2N4O. The Balaban J connectivity index is 2.70. The molecule has 0 saturated carbocycles. The molecule has 0 amide bonds. The first-order chi connectivity index (χ1) is 5.74. The number of azide groups is 1. The van der Waals surface area contributed by atoms with Crippen molar-refractivity contribution in [3.05, 3.63) is 28.0 Å². The summed E-state index contributed by atoms with van der Waals surface area (Å²) in [7, 11) is 0. The molecule has 1 aromatic rings. The summed E-state index contributed by atoms with van der Waals surface area (Å²) in [4.78, 5) is 2.44. The Morgan fingerprint density at radius 1 is 1.75 bits per heavy atom. The highest BCUT2D eigenvalue weighted by Gasteiger charge is 2.13. The largest absolute Gasteiger partial charge is 0.355 e. The van der Waals surface area contributed by atoms with Crippen molar-refractivity contribution in [2.45, 2.75) is 13.0 Å². The fourth-order valence-corrected chi connectivity index (χ4v) is 0.610. The van der Waals surface area contributed by atoms with E-state index in [2.05, 4.69) is 19.7 Å². The summed E-state index contributed by atoms with van der Waals surface area (Å²) < 4.78 is 28.0. The summed E-state index contributed by atoms with van der Waals surface area (Å²) in [6.07, 6.45) is -2.68. The van der Waals surface area contributed by atoms with E-state index in [0.717, 1.165) is 6.07 Å². The van der Waals surface area contributed by atoms with Crippen molar-refractivity contribution >= 4 is 0 Å². The minimum Gasteiger partial charge on any atom is -0.355 e. The van der Waals surface area contributed by atoms with E-state index in [1.54, 1.807) is 0 Å². The van der Waals surface area contributed by atoms with Gasteiger partial charge >= 0.3 is 0 Å². The predicted molar refractivity (Wildman–Crippen MR) is 34.3 cm³/mol. The van der Waals surface area contributed by atoms with Gasteiger partial charge in [-0.2, -0.15) is 0 Å². The molecule has 1 rings (SSSR count). The Labute approximate surface area is 65.6 Å². The number of halogens is 2. The fraction of sp³-hybridized carbons (Fsp3) is 0.400. The highest BCUT2D eigenvalue weighted by atomic mass is 19.3. The van der Waals surface area contributed by atoms with Gasteiger partial charge < -0.3 is 4.52 Å². The van der Waals surface area contributed by atoms with Gasteiger partial charge in [-0.15, -0.1) is 0 Å². The van der Waals surface area contributed by atoms with Gasteiger partial charge in [0.25, 0.3) is 6.43 Å². The van der Waals surface area contributed by atoms with Gasteiger partial charge in [0, 0.05) is 11.0 Å². The molecular weight excluding hydrogens is 170 g/mol. The minimum absolute atomic E-state index is 0.0767. The lowest BCUT2D eigenvalue weighted by molar-refractivity contribution is 0.112. The lowest BCUT2D eigenvalue weighted by atomic mass is 10.4. The zero-order valence-corrected chi connectivity index (χ0v) is 5.81. The molecule has 0 unspecified atom stereocenters. The van der Waals surface area contributed by atoms with E-state index in [4.69, 9.17) is 5.53 Å². The molecule has 0 N–H and O–H groups in total. The molecule has 12 heavy (non-hydrogen) atoms. The van der Waals surface area contributed by atoms with Gasteiger partial charge in [-0.25, -0.2) is 8.78 Å². The number of aromatic nitrogens is 1. The van der Waals surface area contributed by atoms with Gasteiger partial charge in [0.15, 0.2) is 0 Å². The number of nitrogens with zero attached hydrogens (tertiary/aromatic N) is 4. The van der Waals surface area contributed by atoms with Crippen molar-refractivity contribution in [3.63, 3.8) is 0 Å². The Kier molecular flexibility index (Phi) is 2.60. The Morgan fingerprint density at radius 2 is 2.50 bits per heavy atom. The van der Waals surface area contributed by atoms with Crippen LogP contribution in [0.15, 0.2) is 15.7 Å². The molecule has 0 aliphatic heterocycles. The molecule has 1 aromatic heterocycles. The first-order valence-electron chi connectivity index (χ1n) is 2.98. The van der Waals surface area contributed by atoms with Gasteiger partial charge in [0.2, 0.25) is 5.76 Å². The average molecular weight is 174 g/mol. The summed E-state index contributed by atoms with van der Waals surface area (Å²) in [6, 6.07) is 1.05. The van der Waals surface area contributed by atoms with E-state index in [1.807, 2.05) is 0 Å². The van der Waals surface area contributed by atoms with Crippen LogP contribution in [0.25, 0.3) is 10.4 Å². The summed E-state index contributed by atoms with van der Waals surface area (Å²) in [5, 5.41) is 6.38. The maximum atomic E-state index is 11.9. The molecule has 7 heteroatoms. The molecule has 0 aromatic carbocycles. The second-order valence-corrected chi connectivity index (χ2v) is 1.91. The van der Waals surface area contributed by atoms with E-state index in [1.165, 1.54) is 0 Å². The first-order valence-corrected chi connectivity index (χ1v) is 2.98. The summed E-state index contributed by atoms with van der Waals surface area (Å²) in [5.41, 5.74) is 8.09. The van der Waals surface area contributed by atoms with Crippen LogP contribution in [-0.2, 0) is 6.54 Å². The van der Waals surface area contributed by atoms with Gasteiger partial charge in [-0.05, 0) is 5.53 Å². The lowest BCUT2D eigenvalue weighted by Gasteiger charge is -1.85. The maximum Gasteiger partial charge on any atom is 0.298 e. The monoisotopic (exact) mass is 174 g/mol. The quantitative estimate of drug-likeness (QED) is 0.400. The zero-order chi connectivity index (χ0) is 8.97. The third-order valence-electron chi connectivity index (χ3n) is 1.09. The minimum atomic E-state index is -2.68. The van der Waals surface area contributed by atoms with Crippen LogP contribution in [0.1, 0.15) is 17.9 Å². The van der Waals surface area contributed by atoms with Crippen molar-refractivity contribution in [1.82, 2.24) is 5.16 Å². The van der Waals surface area contributed by atoms with E-state index in [0.29, 0.717) is 0 Å². The number of hydrogen-bond acceptors (Lipinski definition) is 3. The maximum absolute atomic E-state index is 11.9. The molecule has 0 spiro atoms. The third kappa shape index (κ3) is 1.93. The summed E-state index contributed by atoms with van der Waals surface area (Å²) in [5.74, 6) is -0.516. The van der Waals surface area contributed by atoms with Gasteiger partial charge in [0.1, 0.15) is 0 Å². The van der Waals surface area contributed by atoms with E-state index in [-0.39, 0.29) is 12.2 Å². The second-order valence-electron chi connectivity index (χ2n) is 1.91.